The zero-order valence-electron chi connectivity index (χ0n) is 17.4. The van der Waals surface area contributed by atoms with Crippen molar-refractivity contribution in [3.05, 3.63) is 51.6 Å². The van der Waals surface area contributed by atoms with Crippen LogP contribution in [0.3, 0.4) is 0 Å². The summed E-state index contributed by atoms with van der Waals surface area (Å²) in [5.41, 5.74) is 5.70. The molecule has 0 amide bonds. The molecule has 3 rings (SSSR count). The maximum atomic E-state index is 12.9. The SMILES string of the molecule is CC[C@H](COC)n1c(=O)c(C)nc2c(-c3cc(C)c(OC)cc3C)nccc21. The first-order valence-corrected chi connectivity index (χ1v) is 9.45. The van der Waals surface area contributed by atoms with Crippen molar-refractivity contribution < 1.29 is 9.47 Å². The van der Waals surface area contributed by atoms with Gasteiger partial charge in [-0.05, 0) is 56.5 Å². The molecule has 0 spiro atoms. The molecule has 6 nitrogen and oxygen atoms in total. The van der Waals surface area contributed by atoms with E-state index in [-0.39, 0.29) is 11.6 Å². The van der Waals surface area contributed by atoms with Crippen LogP contribution < -0.4 is 10.3 Å². The third kappa shape index (κ3) is 3.40. The molecule has 0 aliphatic rings. The number of aryl methyl sites for hydroxylation is 3. The molecule has 2 heterocycles. The summed E-state index contributed by atoms with van der Waals surface area (Å²) in [4.78, 5) is 22.2. The summed E-state index contributed by atoms with van der Waals surface area (Å²) in [5, 5.41) is 0. The van der Waals surface area contributed by atoms with Gasteiger partial charge in [-0.25, -0.2) is 4.98 Å². The van der Waals surface area contributed by atoms with Crippen molar-refractivity contribution in [3.63, 3.8) is 0 Å². The van der Waals surface area contributed by atoms with E-state index in [9.17, 15) is 4.79 Å². The van der Waals surface area contributed by atoms with E-state index in [1.807, 2.05) is 26.0 Å². The molecule has 0 aliphatic heterocycles. The smallest absolute Gasteiger partial charge is 0.272 e. The van der Waals surface area contributed by atoms with Gasteiger partial charge in [0, 0.05) is 18.9 Å². The minimum atomic E-state index is -0.0869. The molecule has 0 saturated carbocycles. The highest BCUT2D eigenvalue weighted by Crippen LogP contribution is 2.32. The van der Waals surface area contributed by atoms with E-state index in [2.05, 4.69) is 23.0 Å². The fourth-order valence-corrected chi connectivity index (χ4v) is 3.64. The standard InChI is InChI=1S/C22H27N3O3/c1-7-16(12-27-5)25-18-8-9-23-20(21(18)24-15(4)22(25)26)17-10-14(3)19(28-6)11-13(17)2/h8-11,16H,7,12H2,1-6H3/t16-/m1/s1. The summed E-state index contributed by atoms with van der Waals surface area (Å²) < 4.78 is 12.6. The Morgan fingerprint density at radius 1 is 1.14 bits per heavy atom. The first kappa shape index (κ1) is 20.0. The lowest BCUT2D eigenvalue weighted by Crippen LogP contribution is -2.30. The van der Waals surface area contributed by atoms with E-state index >= 15 is 0 Å². The number of hydrogen-bond donors (Lipinski definition) is 0. The van der Waals surface area contributed by atoms with Crippen LogP contribution in [-0.2, 0) is 4.74 Å². The Morgan fingerprint density at radius 2 is 1.89 bits per heavy atom. The molecule has 28 heavy (non-hydrogen) atoms. The number of methoxy groups -OCH3 is 2. The van der Waals surface area contributed by atoms with Crippen LogP contribution in [0.25, 0.3) is 22.3 Å². The quantitative estimate of drug-likeness (QED) is 0.646. The maximum absolute atomic E-state index is 12.9. The number of nitrogens with zero attached hydrogens (tertiary/aromatic N) is 3. The van der Waals surface area contributed by atoms with E-state index in [0.29, 0.717) is 12.3 Å². The number of fused-ring (bicyclic) bond motifs is 1. The Bertz CT molecular complexity index is 1070. The summed E-state index contributed by atoms with van der Waals surface area (Å²) >= 11 is 0. The van der Waals surface area contributed by atoms with Gasteiger partial charge >= 0.3 is 0 Å². The first-order chi connectivity index (χ1) is 13.4. The molecule has 2 aromatic heterocycles. The van der Waals surface area contributed by atoms with Crippen LogP contribution in [0.2, 0.25) is 0 Å². The minimum Gasteiger partial charge on any atom is -0.496 e. The second-order valence-corrected chi connectivity index (χ2v) is 7.05. The molecule has 1 atom stereocenters. The largest absolute Gasteiger partial charge is 0.496 e. The molecule has 0 unspecified atom stereocenters. The maximum Gasteiger partial charge on any atom is 0.272 e. The number of rotatable bonds is 6. The lowest BCUT2D eigenvalue weighted by molar-refractivity contribution is 0.153. The van der Waals surface area contributed by atoms with Gasteiger partial charge in [-0.15, -0.1) is 0 Å². The Hall–Kier alpha value is -2.73. The molecule has 0 radical (unpaired) electrons. The van der Waals surface area contributed by atoms with Gasteiger partial charge in [0.05, 0.1) is 31.0 Å². The van der Waals surface area contributed by atoms with Gasteiger partial charge in [-0.2, -0.15) is 0 Å². The summed E-state index contributed by atoms with van der Waals surface area (Å²) in [5.74, 6) is 0.841. The van der Waals surface area contributed by atoms with Gasteiger partial charge in [0.15, 0.2) is 0 Å². The summed E-state index contributed by atoms with van der Waals surface area (Å²) in [6, 6.07) is 5.87. The summed E-state index contributed by atoms with van der Waals surface area (Å²) in [7, 11) is 3.32. The molecular weight excluding hydrogens is 354 g/mol. The molecule has 3 aromatic rings. The first-order valence-electron chi connectivity index (χ1n) is 9.45. The van der Waals surface area contributed by atoms with Crippen LogP contribution >= 0.6 is 0 Å². The van der Waals surface area contributed by atoms with Gasteiger partial charge < -0.3 is 9.47 Å². The van der Waals surface area contributed by atoms with Gasteiger partial charge in [0.25, 0.3) is 5.56 Å². The average Bonchev–Trinajstić information content (AvgIpc) is 2.69. The van der Waals surface area contributed by atoms with Crippen LogP contribution in [0.5, 0.6) is 5.75 Å². The van der Waals surface area contributed by atoms with Crippen molar-refractivity contribution >= 4 is 11.0 Å². The molecule has 0 aliphatic carbocycles. The third-order valence-electron chi connectivity index (χ3n) is 5.16. The normalized spacial score (nSPS) is 12.4. The second kappa shape index (κ2) is 8.10. The third-order valence-corrected chi connectivity index (χ3v) is 5.16. The summed E-state index contributed by atoms with van der Waals surface area (Å²) in [6.45, 7) is 8.30. The zero-order chi connectivity index (χ0) is 20.4. The molecule has 6 heteroatoms. The van der Waals surface area contributed by atoms with Crippen molar-refractivity contribution in [2.45, 2.75) is 40.2 Å². The molecule has 0 bridgehead atoms. The van der Waals surface area contributed by atoms with Gasteiger partial charge in [0.1, 0.15) is 17.0 Å². The van der Waals surface area contributed by atoms with Crippen molar-refractivity contribution in [2.75, 3.05) is 20.8 Å². The Morgan fingerprint density at radius 3 is 2.54 bits per heavy atom. The monoisotopic (exact) mass is 381 g/mol. The Labute approximate surface area is 165 Å². The fraction of sp³-hybridized carbons (Fsp3) is 0.409. The van der Waals surface area contributed by atoms with Crippen LogP contribution in [0.4, 0.5) is 0 Å². The van der Waals surface area contributed by atoms with E-state index < -0.39 is 0 Å². The molecule has 148 valence electrons. The number of aromatic nitrogens is 3. The fourth-order valence-electron chi connectivity index (χ4n) is 3.64. The molecule has 1 aromatic carbocycles. The molecule has 0 saturated heterocycles. The van der Waals surface area contributed by atoms with Crippen LogP contribution in [0, 0.1) is 20.8 Å². The zero-order valence-corrected chi connectivity index (χ0v) is 17.4. The van der Waals surface area contributed by atoms with Gasteiger partial charge in [0.2, 0.25) is 0 Å². The Kier molecular flexibility index (Phi) is 5.79. The van der Waals surface area contributed by atoms with Crippen LogP contribution in [-0.4, -0.2) is 35.4 Å². The van der Waals surface area contributed by atoms with Crippen molar-refractivity contribution in [1.82, 2.24) is 14.5 Å². The van der Waals surface area contributed by atoms with Gasteiger partial charge in [-0.1, -0.05) is 6.92 Å². The lowest BCUT2D eigenvalue weighted by Gasteiger charge is -2.21. The average molecular weight is 381 g/mol. The van der Waals surface area contributed by atoms with E-state index in [4.69, 9.17) is 9.47 Å². The van der Waals surface area contributed by atoms with Crippen molar-refractivity contribution in [1.29, 1.82) is 0 Å². The number of ether oxygens (including phenoxy) is 2. The predicted molar refractivity (Wildman–Crippen MR) is 111 cm³/mol. The second-order valence-electron chi connectivity index (χ2n) is 7.05. The van der Waals surface area contributed by atoms with E-state index in [1.54, 1.807) is 31.9 Å². The number of pyridine rings is 1. The van der Waals surface area contributed by atoms with Crippen LogP contribution in [0.15, 0.2) is 29.2 Å². The van der Waals surface area contributed by atoms with E-state index in [0.717, 1.165) is 45.6 Å². The molecular formula is C22H27N3O3. The number of benzene rings is 1. The molecule has 0 N–H and O–H groups in total. The summed E-state index contributed by atoms with van der Waals surface area (Å²) in [6.07, 6.45) is 2.52. The van der Waals surface area contributed by atoms with Crippen LogP contribution in [0.1, 0.15) is 36.2 Å². The van der Waals surface area contributed by atoms with Crippen molar-refractivity contribution in [2.24, 2.45) is 0 Å². The van der Waals surface area contributed by atoms with Crippen molar-refractivity contribution in [3.8, 4) is 17.0 Å². The molecule has 0 fully saturated rings. The highest BCUT2D eigenvalue weighted by molar-refractivity contribution is 5.90. The highest BCUT2D eigenvalue weighted by atomic mass is 16.5. The Balaban J connectivity index is 2.35. The highest BCUT2D eigenvalue weighted by Gasteiger charge is 2.20. The predicted octanol–water partition coefficient (Wildman–Crippen LogP) is 3.99. The number of hydrogen-bond acceptors (Lipinski definition) is 5. The van der Waals surface area contributed by atoms with Gasteiger partial charge in [-0.3, -0.25) is 14.3 Å². The topological polar surface area (TPSA) is 66.2 Å². The van der Waals surface area contributed by atoms with E-state index in [1.165, 1.54) is 0 Å². The minimum absolute atomic E-state index is 0.0596. The lowest BCUT2D eigenvalue weighted by atomic mass is 10.00.